The molecule has 13 heavy (non-hydrogen) atoms. The number of rotatable bonds is 3. The van der Waals surface area contributed by atoms with Crippen LogP contribution in [0.4, 0.5) is 0 Å². The Morgan fingerprint density at radius 3 is 2.54 bits per heavy atom. The van der Waals surface area contributed by atoms with Crippen molar-refractivity contribution in [2.24, 2.45) is 17.4 Å². The summed E-state index contributed by atoms with van der Waals surface area (Å²) in [4.78, 5) is 13.1. The summed E-state index contributed by atoms with van der Waals surface area (Å²) >= 11 is 0. The number of hydrogen-bond acceptors (Lipinski definition) is 3. The molecule has 74 valence electrons. The van der Waals surface area contributed by atoms with Crippen molar-refractivity contribution in [3.05, 3.63) is 0 Å². The van der Waals surface area contributed by atoms with E-state index in [9.17, 15) is 4.79 Å². The molecule has 0 spiro atoms. The molecule has 0 aromatic rings. The summed E-state index contributed by atoms with van der Waals surface area (Å²) in [7, 11) is 0. The van der Waals surface area contributed by atoms with Gasteiger partial charge in [-0.2, -0.15) is 0 Å². The minimum absolute atomic E-state index is 0.0109. The summed E-state index contributed by atoms with van der Waals surface area (Å²) in [5.74, 6) is 0.534. The molecule has 0 bridgehead atoms. The van der Waals surface area contributed by atoms with Crippen LogP contribution in [0, 0.1) is 5.92 Å². The second-order valence-electron chi connectivity index (χ2n) is 4.30. The van der Waals surface area contributed by atoms with Crippen LogP contribution in [0.15, 0.2) is 0 Å². The van der Waals surface area contributed by atoms with Crippen molar-refractivity contribution in [1.29, 1.82) is 0 Å². The van der Waals surface area contributed by atoms with E-state index in [1.807, 2.05) is 0 Å². The van der Waals surface area contributed by atoms with Gasteiger partial charge in [-0.25, -0.2) is 0 Å². The smallest absolute Gasteiger partial charge is 0.234 e. The SMILES string of the molecule is NC(=O)C1CCN1CC1CC(N)C1. The maximum atomic E-state index is 10.9. The molecule has 2 rings (SSSR count). The van der Waals surface area contributed by atoms with Crippen LogP contribution in [-0.2, 0) is 4.79 Å². The van der Waals surface area contributed by atoms with Gasteiger partial charge in [-0.05, 0) is 25.2 Å². The first-order valence-electron chi connectivity index (χ1n) is 4.95. The van der Waals surface area contributed by atoms with E-state index in [0.29, 0.717) is 12.0 Å². The van der Waals surface area contributed by atoms with Crippen LogP contribution in [-0.4, -0.2) is 36.0 Å². The molecule has 0 aromatic carbocycles. The van der Waals surface area contributed by atoms with Gasteiger partial charge in [0.15, 0.2) is 0 Å². The lowest BCUT2D eigenvalue weighted by atomic mass is 9.79. The number of likely N-dealkylation sites (tertiary alicyclic amines) is 1. The molecular weight excluding hydrogens is 166 g/mol. The van der Waals surface area contributed by atoms with E-state index in [1.54, 1.807) is 0 Å². The Balaban J connectivity index is 1.73. The fourth-order valence-corrected chi connectivity index (χ4v) is 2.25. The molecule has 1 amide bonds. The number of hydrogen-bond donors (Lipinski definition) is 2. The number of carbonyl (C=O) groups excluding carboxylic acids is 1. The molecule has 2 fully saturated rings. The number of nitrogens with zero attached hydrogens (tertiary/aromatic N) is 1. The molecular formula is C9H17N3O. The first kappa shape index (κ1) is 8.97. The van der Waals surface area contributed by atoms with Gasteiger partial charge < -0.3 is 11.5 Å². The highest BCUT2D eigenvalue weighted by atomic mass is 16.1. The van der Waals surface area contributed by atoms with Crippen molar-refractivity contribution >= 4 is 5.91 Å². The monoisotopic (exact) mass is 183 g/mol. The third-order valence-electron chi connectivity index (χ3n) is 3.22. The highest BCUT2D eigenvalue weighted by molar-refractivity contribution is 5.80. The second-order valence-corrected chi connectivity index (χ2v) is 4.30. The van der Waals surface area contributed by atoms with E-state index in [0.717, 1.165) is 32.4 Å². The lowest BCUT2D eigenvalue weighted by Gasteiger charge is -2.44. The predicted molar refractivity (Wildman–Crippen MR) is 49.9 cm³/mol. The Morgan fingerprint density at radius 2 is 2.15 bits per heavy atom. The van der Waals surface area contributed by atoms with Crippen LogP contribution in [0.25, 0.3) is 0 Å². The van der Waals surface area contributed by atoms with E-state index in [-0.39, 0.29) is 11.9 Å². The van der Waals surface area contributed by atoms with E-state index >= 15 is 0 Å². The van der Waals surface area contributed by atoms with Crippen LogP contribution in [0.5, 0.6) is 0 Å². The van der Waals surface area contributed by atoms with Gasteiger partial charge in [0.05, 0.1) is 6.04 Å². The summed E-state index contributed by atoms with van der Waals surface area (Å²) in [5.41, 5.74) is 10.9. The molecule has 1 aliphatic heterocycles. The minimum Gasteiger partial charge on any atom is -0.368 e. The summed E-state index contributed by atoms with van der Waals surface area (Å²) < 4.78 is 0. The van der Waals surface area contributed by atoms with Gasteiger partial charge in [0.2, 0.25) is 5.91 Å². The topological polar surface area (TPSA) is 72.4 Å². The molecule has 0 aromatic heterocycles. The van der Waals surface area contributed by atoms with Gasteiger partial charge >= 0.3 is 0 Å². The van der Waals surface area contributed by atoms with Crippen molar-refractivity contribution in [2.45, 2.75) is 31.3 Å². The predicted octanol–water partition coefficient (Wildman–Crippen LogP) is -0.717. The summed E-state index contributed by atoms with van der Waals surface area (Å²) in [6.45, 7) is 2.04. The molecule has 1 saturated carbocycles. The van der Waals surface area contributed by atoms with Gasteiger partial charge in [0.1, 0.15) is 0 Å². The molecule has 1 unspecified atom stereocenters. The van der Waals surface area contributed by atoms with Crippen LogP contribution in [0.3, 0.4) is 0 Å². The molecule has 1 aliphatic carbocycles. The Bertz CT molecular complexity index is 213. The molecule has 0 radical (unpaired) electrons. The van der Waals surface area contributed by atoms with Crippen molar-refractivity contribution < 1.29 is 4.79 Å². The minimum atomic E-state index is -0.171. The fourth-order valence-electron chi connectivity index (χ4n) is 2.25. The van der Waals surface area contributed by atoms with Crippen LogP contribution in [0.1, 0.15) is 19.3 Å². The zero-order valence-electron chi connectivity index (χ0n) is 7.78. The average Bonchev–Trinajstić information content (AvgIpc) is 1.91. The number of amides is 1. The Morgan fingerprint density at radius 1 is 1.46 bits per heavy atom. The van der Waals surface area contributed by atoms with Crippen molar-refractivity contribution in [3.8, 4) is 0 Å². The van der Waals surface area contributed by atoms with Crippen LogP contribution < -0.4 is 11.5 Å². The zero-order valence-corrected chi connectivity index (χ0v) is 7.78. The maximum absolute atomic E-state index is 10.9. The van der Waals surface area contributed by atoms with Crippen molar-refractivity contribution in [2.75, 3.05) is 13.1 Å². The molecule has 1 atom stereocenters. The van der Waals surface area contributed by atoms with E-state index in [2.05, 4.69) is 4.90 Å². The highest BCUT2D eigenvalue weighted by Crippen LogP contribution is 2.29. The van der Waals surface area contributed by atoms with Gasteiger partial charge in [0, 0.05) is 19.1 Å². The molecule has 1 saturated heterocycles. The fraction of sp³-hybridized carbons (Fsp3) is 0.889. The lowest BCUT2D eigenvalue weighted by molar-refractivity contribution is -0.128. The van der Waals surface area contributed by atoms with Gasteiger partial charge in [0.25, 0.3) is 0 Å². The summed E-state index contributed by atoms with van der Waals surface area (Å²) in [5, 5.41) is 0. The molecule has 4 N–H and O–H groups in total. The summed E-state index contributed by atoms with van der Waals surface area (Å²) in [6, 6.07) is 0.412. The van der Waals surface area contributed by atoms with Gasteiger partial charge in [-0.1, -0.05) is 0 Å². The molecule has 4 nitrogen and oxygen atoms in total. The maximum Gasteiger partial charge on any atom is 0.234 e. The molecule has 4 heteroatoms. The van der Waals surface area contributed by atoms with Crippen molar-refractivity contribution in [3.63, 3.8) is 0 Å². The van der Waals surface area contributed by atoms with Gasteiger partial charge in [-0.15, -0.1) is 0 Å². The number of nitrogens with two attached hydrogens (primary N) is 2. The molecule has 1 heterocycles. The average molecular weight is 183 g/mol. The second kappa shape index (κ2) is 3.27. The molecule has 2 aliphatic rings. The zero-order chi connectivity index (χ0) is 9.42. The van der Waals surface area contributed by atoms with E-state index in [4.69, 9.17) is 11.5 Å². The van der Waals surface area contributed by atoms with Crippen LogP contribution >= 0.6 is 0 Å². The van der Waals surface area contributed by atoms with Crippen LogP contribution in [0.2, 0.25) is 0 Å². The number of carbonyl (C=O) groups is 1. The Labute approximate surface area is 78.2 Å². The lowest BCUT2D eigenvalue weighted by Crippen LogP contribution is -2.57. The first-order chi connectivity index (χ1) is 6.16. The quantitative estimate of drug-likeness (QED) is 0.606. The normalized spacial score (nSPS) is 39.3. The number of primary amides is 1. The Hall–Kier alpha value is -0.610. The Kier molecular flexibility index (Phi) is 2.26. The van der Waals surface area contributed by atoms with Gasteiger partial charge in [-0.3, -0.25) is 9.69 Å². The largest absolute Gasteiger partial charge is 0.368 e. The third kappa shape index (κ3) is 1.69. The summed E-state index contributed by atoms with van der Waals surface area (Å²) in [6.07, 6.45) is 3.16. The standard InChI is InChI=1S/C9H17N3O/c10-7-3-6(4-7)5-12-2-1-8(12)9(11)13/h6-8H,1-5,10H2,(H2,11,13). The van der Waals surface area contributed by atoms with Crippen molar-refractivity contribution in [1.82, 2.24) is 4.90 Å². The highest BCUT2D eigenvalue weighted by Gasteiger charge is 2.36. The third-order valence-corrected chi connectivity index (χ3v) is 3.22. The first-order valence-corrected chi connectivity index (χ1v) is 4.95. The van der Waals surface area contributed by atoms with E-state index in [1.165, 1.54) is 0 Å². The van der Waals surface area contributed by atoms with E-state index < -0.39 is 0 Å².